The van der Waals surface area contributed by atoms with E-state index in [0.29, 0.717) is 11.6 Å². The zero-order valence-electron chi connectivity index (χ0n) is 10.5. The van der Waals surface area contributed by atoms with E-state index in [1.165, 1.54) is 0 Å². The number of pyridine rings is 1. The summed E-state index contributed by atoms with van der Waals surface area (Å²) < 4.78 is 1.67. The second kappa shape index (κ2) is 4.94. The van der Waals surface area contributed by atoms with E-state index in [2.05, 4.69) is 10.1 Å². The van der Waals surface area contributed by atoms with E-state index < -0.39 is 5.91 Å². The van der Waals surface area contributed by atoms with Crippen LogP contribution in [0.5, 0.6) is 0 Å². The number of aromatic nitrogens is 3. The number of rotatable bonds is 3. The molecular formula is C14H11ClN4O. The van der Waals surface area contributed by atoms with Gasteiger partial charge >= 0.3 is 0 Å². The fraction of sp³-hybridized carbons (Fsp3) is 0.0714. The normalized spacial score (nSPS) is 10.8. The van der Waals surface area contributed by atoms with Crippen LogP contribution < -0.4 is 5.73 Å². The summed E-state index contributed by atoms with van der Waals surface area (Å²) in [5.41, 5.74) is 7.36. The fourth-order valence-electron chi connectivity index (χ4n) is 2.02. The maximum absolute atomic E-state index is 11.0. The molecule has 0 unspecified atom stereocenters. The second-order valence-electron chi connectivity index (χ2n) is 4.44. The van der Waals surface area contributed by atoms with Crippen LogP contribution in [0.3, 0.4) is 0 Å². The number of hydrogen-bond donors (Lipinski definition) is 1. The summed E-state index contributed by atoms with van der Waals surface area (Å²) in [6.07, 6.45) is 3.34. The summed E-state index contributed by atoms with van der Waals surface area (Å²) in [5.74, 6) is -0.529. The summed E-state index contributed by atoms with van der Waals surface area (Å²) in [6.45, 7) is 0.551. The van der Waals surface area contributed by atoms with Crippen LogP contribution in [0, 0.1) is 0 Å². The van der Waals surface area contributed by atoms with Crippen LogP contribution in [0.4, 0.5) is 0 Å². The quantitative estimate of drug-likeness (QED) is 0.802. The van der Waals surface area contributed by atoms with Crippen molar-refractivity contribution in [2.45, 2.75) is 6.54 Å². The first-order valence-electron chi connectivity index (χ1n) is 5.99. The Morgan fingerprint density at radius 1 is 1.30 bits per heavy atom. The van der Waals surface area contributed by atoms with Crippen LogP contribution in [0.25, 0.3) is 10.9 Å². The molecule has 1 aromatic carbocycles. The minimum absolute atomic E-state index is 0.260. The summed E-state index contributed by atoms with van der Waals surface area (Å²) >= 11 is 5.94. The zero-order valence-corrected chi connectivity index (χ0v) is 11.2. The van der Waals surface area contributed by atoms with Gasteiger partial charge in [0, 0.05) is 17.8 Å². The van der Waals surface area contributed by atoms with Crippen molar-refractivity contribution in [3.05, 3.63) is 59.0 Å². The molecule has 0 saturated carbocycles. The molecule has 0 aliphatic carbocycles. The Hall–Kier alpha value is -2.40. The largest absolute Gasteiger partial charge is 0.364 e. The lowest BCUT2D eigenvalue weighted by atomic mass is 10.1. The van der Waals surface area contributed by atoms with Gasteiger partial charge in [-0.2, -0.15) is 5.10 Å². The number of nitrogens with zero attached hydrogens (tertiary/aromatic N) is 3. The molecule has 0 saturated heterocycles. The SMILES string of the molecule is NC(=O)c1ccn(Cc2ccc3ncc(Cl)cc3c2)n1. The average Bonchev–Trinajstić information content (AvgIpc) is 2.87. The highest BCUT2D eigenvalue weighted by Gasteiger charge is 2.05. The van der Waals surface area contributed by atoms with Crippen LogP contribution in [0.15, 0.2) is 42.7 Å². The van der Waals surface area contributed by atoms with Gasteiger partial charge < -0.3 is 5.73 Å². The third kappa shape index (κ3) is 2.48. The van der Waals surface area contributed by atoms with Crippen molar-refractivity contribution >= 4 is 28.4 Å². The lowest BCUT2D eigenvalue weighted by molar-refractivity contribution is 0.0995. The molecule has 20 heavy (non-hydrogen) atoms. The van der Waals surface area contributed by atoms with Crippen LogP contribution in [0.2, 0.25) is 5.02 Å². The number of benzene rings is 1. The highest BCUT2D eigenvalue weighted by molar-refractivity contribution is 6.31. The number of primary amides is 1. The molecule has 5 nitrogen and oxygen atoms in total. The number of carbonyl (C=O) groups is 1. The highest BCUT2D eigenvalue weighted by Crippen LogP contribution is 2.18. The Morgan fingerprint density at radius 3 is 2.90 bits per heavy atom. The van der Waals surface area contributed by atoms with Gasteiger partial charge in [-0.1, -0.05) is 17.7 Å². The van der Waals surface area contributed by atoms with Gasteiger partial charge in [-0.15, -0.1) is 0 Å². The Bertz CT molecular complexity index is 797. The molecule has 0 aliphatic heterocycles. The number of halogens is 1. The van der Waals surface area contributed by atoms with Gasteiger partial charge in [-0.05, 0) is 29.8 Å². The highest BCUT2D eigenvalue weighted by atomic mass is 35.5. The van der Waals surface area contributed by atoms with E-state index in [9.17, 15) is 4.79 Å². The number of amides is 1. The van der Waals surface area contributed by atoms with Gasteiger partial charge in [0.25, 0.3) is 5.91 Å². The third-order valence-corrected chi connectivity index (χ3v) is 3.16. The van der Waals surface area contributed by atoms with E-state index in [4.69, 9.17) is 17.3 Å². The summed E-state index contributed by atoms with van der Waals surface area (Å²) in [5, 5.41) is 5.67. The summed E-state index contributed by atoms with van der Waals surface area (Å²) in [6, 6.07) is 9.36. The molecular weight excluding hydrogens is 276 g/mol. The Balaban J connectivity index is 1.91. The molecule has 6 heteroatoms. The molecule has 2 N–H and O–H groups in total. The lowest BCUT2D eigenvalue weighted by Crippen LogP contribution is -2.12. The first kappa shape index (κ1) is 12.6. The van der Waals surface area contributed by atoms with E-state index in [0.717, 1.165) is 16.5 Å². The van der Waals surface area contributed by atoms with Gasteiger partial charge in [0.1, 0.15) is 5.69 Å². The maximum atomic E-state index is 11.0. The van der Waals surface area contributed by atoms with Crippen LogP contribution in [0.1, 0.15) is 16.1 Å². The van der Waals surface area contributed by atoms with Crippen molar-refractivity contribution in [2.75, 3.05) is 0 Å². The number of nitrogens with two attached hydrogens (primary N) is 1. The number of fused-ring (bicyclic) bond motifs is 1. The number of hydrogen-bond acceptors (Lipinski definition) is 3. The van der Waals surface area contributed by atoms with E-state index in [-0.39, 0.29) is 5.69 Å². The second-order valence-corrected chi connectivity index (χ2v) is 4.88. The van der Waals surface area contributed by atoms with Crippen molar-refractivity contribution in [2.24, 2.45) is 5.73 Å². The first-order chi connectivity index (χ1) is 9.61. The van der Waals surface area contributed by atoms with Gasteiger partial charge in [0.15, 0.2) is 0 Å². The minimum atomic E-state index is -0.529. The molecule has 0 bridgehead atoms. The Kier molecular flexibility index (Phi) is 3.12. The molecule has 2 heterocycles. The van der Waals surface area contributed by atoms with Gasteiger partial charge in [-0.25, -0.2) is 0 Å². The lowest BCUT2D eigenvalue weighted by Gasteiger charge is -2.04. The smallest absolute Gasteiger partial charge is 0.269 e. The van der Waals surface area contributed by atoms with E-state index in [1.807, 2.05) is 24.3 Å². The molecule has 0 aliphatic rings. The van der Waals surface area contributed by atoms with Crippen LogP contribution in [-0.2, 0) is 6.54 Å². The van der Waals surface area contributed by atoms with Crippen LogP contribution in [-0.4, -0.2) is 20.7 Å². The molecule has 3 aromatic rings. The predicted molar refractivity (Wildman–Crippen MR) is 76.6 cm³/mol. The Labute approximate surface area is 120 Å². The molecule has 0 fully saturated rings. The summed E-state index contributed by atoms with van der Waals surface area (Å²) in [7, 11) is 0. The van der Waals surface area contributed by atoms with Crippen molar-refractivity contribution in [3.63, 3.8) is 0 Å². The molecule has 0 radical (unpaired) electrons. The zero-order chi connectivity index (χ0) is 14.1. The van der Waals surface area contributed by atoms with Crippen LogP contribution >= 0.6 is 11.6 Å². The molecule has 0 spiro atoms. The maximum Gasteiger partial charge on any atom is 0.269 e. The molecule has 2 aromatic heterocycles. The van der Waals surface area contributed by atoms with Crippen molar-refractivity contribution in [1.82, 2.24) is 14.8 Å². The van der Waals surface area contributed by atoms with E-state index in [1.54, 1.807) is 23.1 Å². The molecule has 0 atom stereocenters. The number of carbonyl (C=O) groups excluding carboxylic acids is 1. The van der Waals surface area contributed by atoms with Gasteiger partial charge in [0.05, 0.1) is 17.1 Å². The monoisotopic (exact) mass is 286 g/mol. The Morgan fingerprint density at radius 2 is 2.15 bits per heavy atom. The van der Waals surface area contributed by atoms with Gasteiger partial charge in [-0.3, -0.25) is 14.5 Å². The van der Waals surface area contributed by atoms with Crippen molar-refractivity contribution in [3.8, 4) is 0 Å². The first-order valence-corrected chi connectivity index (χ1v) is 6.37. The minimum Gasteiger partial charge on any atom is -0.364 e. The molecule has 100 valence electrons. The summed E-state index contributed by atoms with van der Waals surface area (Å²) in [4.78, 5) is 15.2. The molecule has 1 amide bonds. The topological polar surface area (TPSA) is 73.8 Å². The predicted octanol–water partition coefficient (Wildman–Crippen LogP) is 2.23. The standard InChI is InChI=1S/C14H11ClN4O/c15-11-6-10-5-9(1-2-12(10)17-7-11)8-19-4-3-13(18-19)14(16)20/h1-7H,8H2,(H2,16,20). The third-order valence-electron chi connectivity index (χ3n) is 2.95. The van der Waals surface area contributed by atoms with Crippen molar-refractivity contribution < 1.29 is 4.79 Å². The average molecular weight is 287 g/mol. The van der Waals surface area contributed by atoms with Gasteiger partial charge in [0.2, 0.25) is 0 Å². The molecule has 3 rings (SSSR count). The van der Waals surface area contributed by atoms with Crippen molar-refractivity contribution in [1.29, 1.82) is 0 Å². The fourth-order valence-corrected chi connectivity index (χ4v) is 2.19. The van der Waals surface area contributed by atoms with E-state index >= 15 is 0 Å².